The van der Waals surface area contributed by atoms with Gasteiger partial charge < -0.3 is 10.0 Å². The van der Waals surface area contributed by atoms with Crippen molar-refractivity contribution < 1.29 is 9.90 Å². The first-order valence-corrected chi connectivity index (χ1v) is 6.60. The molecular formula is C15H21NO2. The molecule has 3 heteroatoms. The summed E-state index contributed by atoms with van der Waals surface area (Å²) in [5.41, 5.74) is 1.53. The minimum absolute atomic E-state index is 0.681. The maximum Gasteiger partial charge on any atom is 0.314 e. The van der Waals surface area contributed by atoms with Crippen molar-refractivity contribution in [3.8, 4) is 0 Å². The van der Waals surface area contributed by atoms with E-state index in [0.29, 0.717) is 12.8 Å². The first kappa shape index (κ1) is 13.1. The summed E-state index contributed by atoms with van der Waals surface area (Å²) in [5, 5.41) is 9.64. The van der Waals surface area contributed by atoms with E-state index >= 15 is 0 Å². The Labute approximate surface area is 108 Å². The van der Waals surface area contributed by atoms with Gasteiger partial charge in [-0.3, -0.25) is 4.79 Å². The summed E-state index contributed by atoms with van der Waals surface area (Å²) >= 11 is 0. The van der Waals surface area contributed by atoms with Gasteiger partial charge in [0.05, 0.1) is 5.41 Å². The van der Waals surface area contributed by atoms with Gasteiger partial charge in [-0.05, 0) is 50.5 Å². The van der Waals surface area contributed by atoms with E-state index in [9.17, 15) is 9.90 Å². The maximum atomic E-state index is 11.7. The second-order valence-corrected chi connectivity index (χ2v) is 5.24. The second-order valence-electron chi connectivity index (χ2n) is 5.24. The Morgan fingerprint density at radius 3 is 2.28 bits per heavy atom. The van der Waals surface area contributed by atoms with Crippen LogP contribution in [0.4, 0.5) is 0 Å². The lowest BCUT2D eigenvalue weighted by Crippen LogP contribution is -2.46. The molecule has 0 aromatic heterocycles. The molecule has 3 nitrogen and oxygen atoms in total. The lowest BCUT2D eigenvalue weighted by atomic mass is 9.72. The lowest BCUT2D eigenvalue weighted by Gasteiger charge is -2.37. The van der Waals surface area contributed by atoms with Gasteiger partial charge in [0, 0.05) is 0 Å². The summed E-state index contributed by atoms with van der Waals surface area (Å²) < 4.78 is 0. The summed E-state index contributed by atoms with van der Waals surface area (Å²) in [6.07, 6.45) is 2.39. The minimum atomic E-state index is -0.682. The van der Waals surface area contributed by atoms with Crippen LogP contribution in [0.2, 0.25) is 0 Å². The van der Waals surface area contributed by atoms with Gasteiger partial charge in [0.25, 0.3) is 0 Å². The van der Waals surface area contributed by atoms with Gasteiger partial charge in [0.1, 0.15) is 0 Å². The van der Waals surface area contributed by atoms with Crippen molar-refractivity contribution in [3.63, 3.8) is 0 Å². The average molecular weight is 247 g/mol. The van der Waals surface area contributed by atoms with Crippen LogP contribution in [0.5, 0.6) is 0 Å². The summed E-state index contributed by atoms with van der Waals surface area (Å²) in [4.78, 5) is 13.9. The topological polar surface area (TPSA) is 40.5 Å². The SMILES string of the molecule is CCc1ccc(C2(C(=O)O)CCN(C)CC2)cc1. The van der Waals surface area contributed by atoms with Crippen LogP contribution in [0, 0.1) is 0 Å². The van der Waals surface area contributed by atoms with Crippen molar-refractivity contribution in [2.45, 2.75) is 31.6 Å². The van der Waals surface area contributed by atoms with Crippen LogP contribution in [0.3, 0.4) is 0 Å². The smallest absolute Gasteiger partial charge is 0.314 e. The second kappa shape index (κ2) is 5.11. The zero-order valence-corrected chi connectivity index (χ0v) is 11.1. The molecule has 0 unspecified atom stereocenters. The molecule has 0 atom stereocenters. The van der Waals surface area contributed by atoms with Crippen LogP contribution < -0.4 is 0 Å². The summed E-state index contributed by atoms with van der Waals surface area (Å²) in [7, 11) is 2.05. The summed E-state index contributed by atoms with van der Waals surface area (Å²) in [5.74, 6) is -0.681. The van der Waals surface area contributed by atoms with Gasteiger partial charge >= 0.3 is 5.97 Å². The number of carboxylic acid groups (broad SMARTS) is 1. The van der Waals surface area contributed by atoms with Crippen LogP contribution in [-0.4, -0.2) is 36.1 Å². The average Bonchev–Trinajstić information content (AvgIpc) is 2.40. The minimum Gasteiger partial charge on any atom is -0.481 e. The molecule has 0 amide bonds. The number of hydrogen-bond donors (Lipinski definition) is 1. The molecule has 98 valence electrons. The molecule has 1 aliphatic heterocycles. The van der Waals surface area contributed by atoms with Crippen LogP contribution in [0.25, 0.3) is 0 Å². The van der Waals surface area contributed by atoms with E-state index < -0.39 is 11.4 Å². The monoisotopic (exact) mass is 247 g/mol. The standard InChI is InChI=1S/C15H21NO2/c1-3-12-4-6-13(7-5-12)15(14(17)18)8-10-16(2)11-9-15/h4-7H,3,8-11H2,1-2H3,(H,17,18). The van der Waals surface area contributed by atoms with Crippen LogP contribution >= 0.6 is 0 Å². The molecule has 2 rings (SSSR count). The van der Waals surface area contributed by atoms with Gasteiger partial charge in [-0.15, -0.1) is 0 Å². The third-order valence-electron chi connectivity index (χ3n) is 4.16. The van der Waals surface area contributed by atoms with Crippen LogP contribution in [0.1, 0.15) is 30.9 Å². The van der Waals surface area contributed by atoms with Crippen LogP contribution in [-0.2, 0) is 16.6 Å². The molecule has 1 heterocycles. The Hall–Kier alpha value is -1.35. The number of nitrogens with zero attached hydrogens (tertiary/aromatic N) is 1. The van der Waals surface area contributed by atoms with Crippen LogP contribution in [0.15, 0.2) is 24.3 Å². The van der Waals surface area contributed by atoms with E-state index in [1.165, 1.54) is 5.56 Å². The predicted molar refractivity (Wildman–Crippen MR) is 71.9 cm³/mol. The Bertz CT molecular complexity index is 417. The number of aryl methyl sites for hydroxylation is 1. The first-order valence-electron chi connectivity index (χ1n) is 6.60. The number of carbonyl (C=O) groups is 1. The molecule has 1 aromatic carbocycles. The summed E-state index contributed by atoms with van der Waals surface area (Å²) in [6.45, 7) is 3.81. The van der Waals surface area contributed by atoms with E-state index in [1.807, 2.05) is 19.2 Å². The van der Waals surface area contributed by atoms with Gasteiger partial charge in [0.15, 0.2) is 0 Å². The molecule has 0 radical (unpaired) electrons. The zero-order valence-electron chi connectivity index (χ0n) is 11.1. The van der Waals surface area contributed by atoms with Crippen molar-refractivity contribution in [1.29, 1.82) is 0 Å². The van der Waals surface area contributed by atoms with Gasteiger partial charge in [-0.2, -0.15) is 0 Å². The Morgan fingerprint density at radius 1 is 1.28 bits per heavy atom. The molecule has 1 aliphatic rings. The summed E-state index contributed by atoms with van der Waals surface area (Å²) in [6, 6.07) is 8.10. The number of carboxylic acids is 1. The first-order chi connectivity index (χ1) is 8.58. The van der Waals surface area contributed by atoms with Gasteiger partial charge in [-0.1, -0.05) is 31.2 Å². The highest BCUT2D eigenvalue weighted by Crippen LogP contribution is 2.35. The molecule has 1 fully saturated rings. The normalized spacial score (nSPS) is 19.7. The molecule has 18 heavy (non-hydrogen) atoms. The maximum absolute atomic E-state index is 11.7. The fraction of sp³-hybridized carbons (Fsp3) is 0.533. The number of rotatable bonds is 3. The molecule has 0 saturated carbocycles. The van der Waals surface area contributed by atoms with E-state index in [1.54, 1.807) is 0 Å². The van der Waals surface area contributed by atoms with E-state index in [0.717, 1.165) is 25.1 Å². The largest absolute Gasteiger partial charge is 0.481 e. The molecule has 0 bridgehead atoms. The van der Waals surface area contributed by atoms with Crippen molar-refractivity contribution in [1.82, 2.24) is 4.90 Å². The third-order valence-corrected chi connectivity index (χ3v) is 4.16. The molecule has 1 aromatic rings. The Morgan fingerprint density at radius 2 is 1.83 bits per heavy atom. The van der Waals surface area contributed by atoms with Gasteiger partial charge in [0.2, 0.25) is 0 Å². The predicted octanol–water partition coefficient (Wildman–Crippen LogP) is 2.30. The van der Waals surface area contributed by atoms with Crippen molar-refractivity contribution in [3.05, 3.63) is 35.4 Å². The Kier molecular flexibility index (Phi) is 3.71. The van der Waals surface area contributed by atoms with Crippen molar-refractivity contribution in [2.75, 3.05) is 20.1 Å². The number of aliphatic carboxylic acids is 1. The fourth-order valence-electron chi connectivity index (χ4n) is 2.69. The van der Waals surface area contributed by atoms with Crippen molar-refractivity contribution >= 4 is 5.97 Å². The number of likely N-dealkylation sites (tertiary alicyclic amines) is 1. The Balaban J connectivity index is 2.32. The highest BCUT2D eigenvalue weighted by atomic mass is 16.4. The highest BCUT2D eigenvalue weighted by Gasteiger charge is 2.42. The number of hydrogen-bond acceptors (Lipinski definition) is 2. The fourth-order valence-corrected chi connectivity index (χ4v) is 2.69. The van der Waals surface area contributed by atoms with E-state index in [4.69, 9.17) is 0 Å². The zero-order chi connectivity index (χ0) is 13.2. The quantitative estimate of drug-likeness (QED) is 0.891. The van der Waals surface area contributed by atoms with Gasteiger partial charge in [-0.25, -0.2) is 0 Å². The molecule has 1 saturated heterocycles. The van der Waals surface area contributed by atoms with Crippen molar-refractivity contribution in [2.24, 2.45) is 0 Å². The highest BCUT2D eigenvalue weighted by molar-refractivity contribution is 5.81. The number of piperidine rings is 1. The number of benzene rings is 1. The molecule has 0 spiro atoms. The molecular weight excluding hydrogens is 226 g/mol. The third kappa shape index (κ3) is 2.27. The lowest BCUT2D eigenvalue weighted by molar-refractivity contribution is -0.145. The molecule has 0 aliphatic carbocycles. The molecule has 1 N–H and O–H groups in total. The van der Waals surface area contributed by atoms with E-state index in [2.05, 4.69) is 24.0 Å². The van der Waals surface area contributed by atoms with E-state index in [-0.39, 0.29) is 0 Å².